The summed E-state index contributed by atoms with van der Waals surface area (Å²) in [4.78, 5) is 11.0. The molecule has 82 valence electrons. The summed E-state index contributed by atoms with van der Waals surface area (Å²) < 4.78 is 10.7. The molecule has 0 saturated carbocycles. The average molecular weight is 294 g/mol. The highest BCUT2D eigenvalue weighted by Gasteiger charge is 2.06. The molecule has 1 aromatic rings. The Bertz CT molecular complexity index is 355. The van der Waals surface area contributed by atoms with Gasteiger partial charge in [0.1, 0.15) is 5.75 Å². The van der Waals surface area contributed by atoms with Gasteiger partial charge in [-0.25, -0.2) is 4.79 Å². The van der Waals surface area contributed by atoms with E-state index in [4.69, 9.17) is 21.1 Å². The number of carbonyl (C=O) groups is 1. The quantitative estimate of drug-likeness (QED) is 0.801. The van der Waals surface area contributed by atoms with Crippen molar-refractivity contribution in [3.8, 4) is 5.75 Å². The zero-order chi connectivity index (χ0) is 11.3. The van der Waals surface area contributed by atoms with E-state index in [0.29, 0.717) is 17.4 Å². The molecule has 0 unspecified atom stereocenters. The van der Waals surface area contributed by atoms with E-state index in [1.807, 2.05) is 0 Å². The van der Waals surface area contributed by atoms with Crippen molar-refractivity contribution >= 4 is 33.5 Å². The molecule has 1 aromatic carbocycles. The molecule has 3 nitrogen and oxygen atoms in total. The van der Waals surface area contributed by atoms with Gasteiger partial charge in [0, 0.05) is 4.47 Å². The zero-order valence-corrected chi connectivity index (χ0v) is 10.5. The van der Waals surface area contributed by atoms with Gasteiger partial charge in [-0.15, -0.1) is 0 Å². The minimum atomic E-state index is -0.406. The monoisotopic (exact) mass is 292 g/mol. The molecule has 15 heavy (non-hydrogen) atoms. The van der Waals surface area contributed by atoms with Crippen molar-refractivity contribution in [1.29, 1.82) is 0 Å². The zero-order valence-electron chi connectivity index (χ0n) is 8.13. The van der Waals surface area contributed by atoms with Crippen LogP contribution in [-0.2, 0) is 9.53 Å². The Kier molecular flexibility index (Phi) is 4.91. The highest BCUT2D eigenvalue weighted by Crippen LogP contribution is 2.27. The van der Waals surface area contributed by atoms with Crippen LogP contribution in [0.4, 0.5) is 0 Å². The maximum Gasteiger partial charge on any atom is 0.344 e. The molecule has 0 bridgehead atoms. The summed E-state index contributed by atoms with van der Waals surface area (Å²) in [7, 11) is 0. The van der Waals surface area contributed by atoms with Crippen molar-refractivity contribution in [3.63, 3.8) is 0 Å². The first kappa shape index (κ1) is 12.3. The minimum Gasteiger partial charge on any atom is -0.480 e. The van der Waals surface area contributed by atoms with Gasteiger partial charge in [-0.05, 0) is 25.1 Å². The van der Waals surface area contributed by atoms with Crippen LogP contribution in [-0.4, -0.2) is 19.2 Å². The fraction of sp³-hybridized carbons (Fsp3) is 0.300. The largest absolute Gasteiger partial charge is 0.480 e. The molecule has 0 N–H and O–H groups in total. The van der Waals surface area contributed by atoms with Crippen LogP contribution in [0.15, 0.2) is 22.7 Å². The van der Waals surface area contributed by atoms with Crippen LogP contribution in [0.1, 0.15) is 6.92 Å². The molecule has 0 heterocycles. The molecule has 0 aliphatic rings. The Morgan fingerprint density at radius 2 is 2.27 bits per heavy atom. The van der Waals surface area contributed by atoms with Gasteiger partial charge in [0.25, 0.3) is 0 Å². The molecule has 0 fully saturated rings. The molecular formula is C10H10BrClO3. The van der Waals surface area contributed by atoms with Crippen LogP contribution >= 0.6 is 27.5 Å². The first-order chi connectivity index (χ1) is 7.13. The molecule has 0 saturated heterocycles. The molecule has 0 spiro atoms. The molecule has 0 aliphatic heterocycles. The fourth-order valence-corrected chi connectivity index (χ4v) is 1.66. The van der Waals surface area contributed by atoms with Crippen molar-refractivity contribution in [2.24, 2.45) is 0 Å². The Balaban J connectivity index is 2.54. The van der Waals surface area contributed by atoms with E-state index in [0.717, 1.165) is 4.47 Å². The lowest BCUT2D eigenvalue weighted by Crippen LogP contribution is -2.14. The van der Waals surface area contributed by atoms with Gasteiger partial charge in [-0.3, -0.25) is 0 Å². The van der Waals surface area contributed by atoms with Crippen LogP contribution in [0.5, 0.6) is 5.75 Å². The molecule has 0 aromatic heterocycles. The van der Waals surface area contributed by atoms with E-state index >= 15 is 0 Å². The standard InChI is InChI=1S/C10H10BrClO3/c1-2-14-10(13)6-15-9-4-3-7(11)5-8(9)12/h3-5H,2,6H2,1H3. The second-order valence-electron chi connectivity index (χ2n) is 2.67. The number of hydrogen-bond acceptors (Lipinski definition) is 3. The first-order valence-electron chi connectivity index (χ1n) is 4.37. The fourth-order valence-electron chi connectivity index (χ4n) is 0.932. The third-order valence-electron chi connectivity index (χ3n) is 1.54. The second-order valence-corrected chi connectivity index (χ2v) is 3.99. The lowest BCUT2D eigenvalue weighted by atomic mass is 10.3. The molecule has 0 aliphatic carbocycles. The number of esters is 1. The summed E-state index contributed by atoms with van der Waals surface area (Å²) in [5.74, 6) is 0.0596. The van der Waals surface area contributed by atoms with E-state index in [-0.39, 0.29) is 6.61 Å². The number of benzene rings is 1. The summed E-state index contributed by atoms with van der Waals surface area (Å²) in [6.07, 6.45) is 0. The van der Waals surface area contributed by atoms with Crippen LogP contribution in [0.2, 0.25) is 5.02 Å². The van der Waals surface area contributed by atoms with Crippen molar-refractivity contribution in [1.82, 2.24) is 0 Å². The molecule has 5 heteroatoms. The molecule has 1 rings (SSSR count). The smallest absolute Gasteiger partial charge is 0.344 e. The number of carbonyl (C=O) groups excluding carboxylic acids is 1. The van der Waals surface area contributed by atoms with Crippen molar-refractivity contribution in [3.05, 3.63) is 27.7 Å². The maximum absolute atomic E-state index is 11.0. The van der Waals surface area contributed by atoms with Gasteiger partial charge in [-0.2, -0.15) is 0 Å². The van der Waals surface area contributed by atoms with Crippen LogP contribution in [0, 0.1) is 0 Å². The van der Waals surface area contributed by atoms with Crippen LogP contribution < -0.4 is 4.74 Å². The molecular weight excluding hydrogens is 283 g/mol. The van der Waals surface area contributed by atoms with Crippen LogP contribution in [0.3, 0.4) is 0 Å². The van der Waals surface area contributed by atoms with E-state index in [2.05, 4.69) is 15.9 Å². The SMILES string of the molecule is CCOC(=O)COc1ccc(Br)cc1Cl. The Morgan fingerprint density at radius 3 is 2.87 bits per heavy atom. The maximum atomic E-state index is 11.0. The predicted molar refractivity (Wildman–Crippen MR) is 61.3 cm³/mol. The molecule has 0 radical (unpaired) electrons. The lowest BCUT2D eigenvalue weighted by molar-refractivity contribution is -0.145. The Morgan fingerprint density at radius 1 is 1.53 bits per heavy atom. The van der Waals surface area contributed by atoms with Gasteiger partial charge in [0.15, 0.2) is 6.61 Å². The number of rotatable bonds is 4. The number of ether oxygens (including phenoxy) is 2. The van der Waals surface area contributed by atoms with Crippen molar-refractivity contribution < 1.29 is 14.3 Å². The van der Waals surface area contributed by atoms with Gasteiger partial charge in [0.2, 0.25) is 0 Å². The third kappa shape index (κ3) is 4.10. The van der Waals surface area contributed by atoms with E-state index in [1.54, 1.807) is 25.1 Å². The van der Waals surface area contributed by atoms with E-state index < -0.39 is 5.97 Å². The van der Waals surface area contributed by atoms with Gasteiger partial charge in [-0.1, -0.05) is 27.5 Å². The van der Waals surface area contributed by atoms with Gasteiger partial charge >= 0.3 is 5.97 Å². The Labute approximate surface area is 101 Å². The van der Waals surface area contributed by atoms with Crippen molar-refractivity contribution in [2.45, 2.75) is 6.92 Å². The highest BCUT2D eigenvalue weighted by atomic mass is 79.9. The summed E-state index contributed by atoms with van der Waals surface area (Å²) >= 11 is 9.15. The molecule has 0 amide bonds. The number of halogens is 2. The van der Waals surface area contributed by atoms with Crippen molar-refractivity contribution in [2.75, 3.05) is 13.2 Å². The van der Waals surface area contributed by atoms with Gasteiger partial charge < -0.3 is 9.47 Å². The van der Waals surface area contributed by atoms with E-state index in [9.17, 15) is 4.79 Å². The minimum absolute atomic E-state index is 0.130. The molecule has 0 atom stereocenters. The third-order valence-corrected chi connectivity index (χ3v) is 2.33. The van der Waals surface area contributed by atoms with Crippen LogP contribution in [0.25, 0.3) is 0 Å². The topological polar surface area (TPSA) is 35.5 Å². The summed E-state index contributed by atoms with van der Waals surface area (Å²) in [5, 5.41) is 0.452. The first-order valence-corrected chi connectivity index (χ1v) is 5.54. The summed E-state index contributed by atoms with van der Waals surface area (Å²) in [6.45, 7) is 1.95. The average Bonchev–Trinajstić information content (AvgIpc) is 2.17. The predicted octanol–water partition coefficient (Wildman–Crippen LogP) is 3.04. The highest BCUT2D eigenvalue weighted by molar-refractivity contribution is 9.10. The normalized spacial score (nSPS) is 9.80. The number of hydrogen-bond donors (Lipinski definition) is 0. The Hall–Kier alpha value is -0.740. The second kappa shape index (κ2) is 5.98. The lowest BCUT2D eigenvalue weighted by Gasteiger charge is -2.07. The van der Waals surface area contributed by atoms with E-state index in [1.165, 1.54) is 0 Å². The summed E-state index contributed by atoms with van der Waals surface area (Å²) in [6, 6.07) is 5.17. The summed E-state index contributed by atoms with van der Waals surface area (Å²) in [5.41, 5.74) is 0. The van der Waals surface area contributed by atoms with Gasteiger partial charge in [0.05, 0.1) is 11.6 Å².